The smallest absolute Gasteiger partial charge is 0.305 e. The predicted molar refractivity (Wildman–Crippen MR) is 76.4 cm³/mol. The van der Waals surface area contributed by atoms with Crippen molar-refractivity contribution in [2.24, 2.45) is 0 Å². The van der Waals surface area contributed by atoms with Gasteiger partial charge in [0.2, 0.25) is 5.91 Å². The van der Waals surface area contributed by atoms with E-state index in [-0.39, 0.29) is 18.9 Å². The lowest BCUT2D eigenvalue weighted by atomic mass is 10.1. The third-order valence-electron chi connectivity index (χ3n) is 3.23. The van der Waals surface area contributed by atoms with Gasteiger partial charge in [-0.1, -0.05) is 24.8 Å². The molecule has 6 heteroatoms. The molecule has 2 amide bonds. The lowest BCUT2D eigenvalue weighted by molar-refractivity contribution is -0.137. The molecular formula is C15H16N2O4. The van der Waals surface area contributed by atoms with Crippen LogP contribution in [0.1, 0.15) is 29.3 Å². The van der Waals surface area contributed by atoms with Gasteiger partial charge >= 0.3 is 5.97 Å². The first-order valence-corrected chi connectivity index (χ1v) is 6.51. The first-order valence-electron chi connectivity index (χ1n) is 6.51. The second kappa shape index (κ2) is 5.78. The summed E-state index contributed by atoms with van der Waals surface area (Å²) in [6, 6.07) is 6.52. The number of hydrogen-bond donors (Lipinski definition) is 2. The Morgan fingerprint density at radius 2 is 1.95 bits per heavy atom. The monoisotopic (exact) mass is 288 g/mol. The van der Waals surface area contributed by atoms with Gasteiger partial charge in [0.05, 0.1) is 6.42 Å². The lowest BCUT2D eigenvalue weighted by Gasteiger charge is -2.18. The Morgan fingerprint density at radius 3 is 2.52 bits per heavy atom. The minimum Gasteiger partial charge on any atom is -0.481 e. The van der Waals surface area contributed by atoms with Crippen LogP contribution in [0.3, 0.4) is 0 Å². The molecule has 0 aromatic heterocycles. The number of carbonyl (C=O) groups excluding carboxylic acids is 2. The van der Waals surface area contributed by atoms with Crippen molar-refractivity contribution < 1.29 is 19.5 Å². The number of carbonyl (C=O) groups is 3. The second-order valence-corrected chi connectivity index (χ2v) is 4.95. The van der Waals surface area contributed by atoms with E-state index in [0.29, 0.717) is 16.8 Å². The molecule has 0 saturated carbocycles. The van der Waals surface area contributed by atoms with Crippen LogP contribution in [0.5, 0.6) is 0 Å². The maximum Gasteiger partial charge on any atom is 0.305 e. The van der Waals surface area contributed by atoms with Crippen LogP contribution in [-0.2, 0) is 9.59 Å². The number of benzene rings is 1. The molecule has 1 aromatic rings. The maximum atomic E-state index is 12.2. The number of rotatable bonds is 5. The minimum atomic E-state index is -0.989. The molecule has 0 fully saturated rings. The van der Waals surface area contributed by atoms with E-state index in [1.54, 1.807) is 31.2 Å². The van der Waals surface area contributed by atoms with Crippen LogP contribution in [0, 0.1) is 0 Å². The Hall–Kier alpha value is -2.63. The van der Waals surface area contributed by atoms with Crippen LogP contribution in [0.4, 0.5) is 0 Å². The molecular weight excluding hydrogens is 272 g/mol. The molecule has 0 aliphatic carbocycles. The Bertz CT molecular complexity index is 589. The van der Waals surface area contributed by atoms with Gasteiger partial charge < -0.3 is 10.4 Å². The molecule has 0 spiro atoms. The van der Waals surface area contributed by atoms with Gasteiger partial charge in [0.25, 0.3) is 5.91 Å². The van der Waals surface area contributed by atoms with Gasteiger partial charge in [0.1, 0.15) is 6.54 Å². The summed E-state index contributed by atoms with van der Waals surface area (Å²) in [7, 11) is 0. The van der Waals surface area contributed by atoms with Gasteiger partial charge in [-0.25, -0.2) is 0 Å². The maximum absolute atomic E-state index is 12.2. The Kier molecular flexibility index (Phi) is 4.07. The molecule has 1 atom stereocenters. The summed E-state index contributed by atoms with van der Waals surface area (Å²) < 4.78 is 0. The molecule has 1 aromatic carbocycles. The number of fused-ring (bicyclic) bond motifs is 1. The Morgan fingerprint density at radius 1 is 1.33 bits per heavy atom. The number of amides is 2. The summed E-state index contributed by atoms with van der Waals surface area (Å²) in [6.07, 6.45) is -0.166. The Balaban J connectivity index is 2.02. The van der Waals surface area contributed by atoms with Crippen molar-refractivity contribution in [1.29, 1.82) is 0 Å². The summed E-state index contributed by atoms with van der Waals surface area (Å²) in [5.74, 6) is -1.67. The number of nitrogens with one attached hydrogen (secondary N) is 1. The van der Waals surface area contributed by atoms with E-state index < -0.39 is 17.9 Å². The lowest BCUT2D eigenvalue weighted by Crippen LogP contribution is -2.41. The van der Waals surface area contributed by atoms with Gasteiger partial charge in [-0.2, -0.15) is 0 Å². The minimum absolute atomic E-state index is 0.166. The molecule has 1 heterocycles. The van der Waals surface area contributed by atoms with Crippen LogP contribution >= 0.6 is 0 Å². The predicted octanol–water partition coefficient (Wildman–Crippen LogP) is 1.09. The van der Waals surface area contributed by atoms with Crippen LogP contribution in [0.2, 0.25) is 0 Å². The molecule has 1 unspecified atom stereocenters. The number of nitrogens with zero attached hydrogens (tertiary/aromatic N) is 1. The fourth-order valence-corrected chi connectivity index (χ4v) is 2.28. The molecule has 2 rings (SSSR count). The molecule has 0 saturated heterocycles. The zero-order chi connectivity index (χ0) is 15.6. The molecule has 0 radical (unpaired) electrons. The first kappa shape index (κ1) is 14.8. The van der Waals surface area contributed by atoms with E-state index >= 15 is 0 Å². The summed E-state index contributed by atoms with van der Waals surface area (Å²) in [5.41, 5.74) is 1.72. The standard InChI is InChI=1S/C15H16N2O4/c1-9(7-14(19)20)16-13(18)8-17-10(2)11-5-3-4-6-12(11)15(17)21/h3-6,9H,2,7-8H2,1H3,(H,16,18)(H,19,20). The van der Waals surface area contributed by atoms with E-state index in [4.69, 9.17) is 5.11 Å². The summed E-state index contributed by atoms with van der Waals surface area (Å²) in [6.45, 7) is 5.27. The highest BCUT2D eigenvalue weighted by atomic mass is 16.4. The molecule has 0 bridgehead atoms. The number of carboxylic acid groups (broad SMARTS) is 1. The first-order chi connectivity index (χ1) is 9.90. The van der Waals surface area contributed by atoms with Crippen molar-refractivity contribution >= 4 is 23.5 Å². The highest BCUT2D eigenvalue weighted by molar-refractivity contribution is 6.10. The van der Waals surface area contributed by atoms with E-state index in [1.807, 2.05) is 0 Å². The quantitative estimate of drug-likeness (QED) is 0.849. The fraction of sp³-hybridized carbons (Fsp3) is 0.267. The molecule has 1 aliphatic heterocycles. The summed E-state index contributed by atoms with van der Waals surface area (Å²) in [4.78, 5) is 35.9. The van der Waals surface area contributed by atoms with Crippen LogP contribution < -0.4 is 5.32 Å². The zero-order valence-corrected chi connectivity index (χ0v) is 11.6. The van der Waals surface area contributed by atoms with Gasteiger partial charge in [-0.15, -0.1) is 0 Å². The van der Waals surface area contributed by atoms with Crippen molar-refractivity contribution in [2.45, 2.75) is 19.4 Å². The zero-order valence-electron chi connectivity index (χ0n) is 11.6. The number of carboxylic acids is 1. The van der Waals surface area contributed by atoms with Crippen LogP contribution in [0.25, 0.3) is 5.70 Å². The average molecular weight is 288 g/mol. The van der Waals surface area contributed by atoms with Gasteiger partial charge in [0, 0.05) is 22.9 Å². The van der Waals surface area contributed by atoms with Crippen LogP contribution in [0.15, 0.2) is 30.8 Å². The topological polar surface area (TPSA) is 86.7 Å². The van der Waals surface area contributed by atoms with Crippen molar-refractivity contribution in [3.8, 4) is 0 Å². The largest absolute Gasteiger partial charge is 0.481 e. The average Bonchev–Trinajstić information content (AvgIpc) is 2.63. The van der Waals surface area contributed by atoms with Crippen LogP contribution in [-0.4, -0.2) is 40.4 Å². The molecule has 1 aliphatic rings. The molecule has 6 nitrogen and oxygen atoms in total. The van der Waals surface area contributed by atoms with Crippen molar-refractivity contribution in [3.63, 3.8) is 0 Å². The van der Waals surface area contributed by atoms with Gasteiger partial charge in [-0.3, -0.25) is 19.3 Å². The van der Waals surface area contributed by atoms with Gasteiger partial charge in [-0.05, 0) is 13.0 Å². The van der Waals surface area contributed by atoms with Gasteiger partial charge in [0.15, 0.2) is 0 Å². The Labute approximate surface area is 122 Å². The molecule has 2 N–H and O–H groups in total. The number of hydrogen-bond acceptors (Lipinski definition) is 3. The SMILES string of the molecule is C=C1c2ccccc2C(=O)N1CC(=O)NC(C)CC(=O)O. The normalized spacial score (nSPS) is 14.8. The highest BCUT2D eigenvalue weighted by Gasteiger charge is 2.32. The summed E-state index contributed by atoms with van der Waals surface area (Å²) in [5, 5.41) is 11.2. The van der Waals surface area contributed by atoms with E-state index in [1.165, 1.54) is 4.90 Å². The number of aliphatic carboxylic acids is 1. The van der Waals surface area contributed by atoms with Crippen molar-refractivity contribution in [1.82, 2.24) is 10.2 Å². The fourth-order valence-electron chi connectivity index (χ4n) is 2.28. The highest BCUT2D eigenvalue weighted by Crippen LogP contribution is 2.30. The second-order valence-electron chi connectivity index (χ2n) is 4.95. The third-order valence-corrected chi connectivity index (χ3v) is 3.23. The summed E-state index contributed by atoms with van der Waals surface area (Å²) >= 11 is 0. The third kappa shape index (κ3) is 3.10. The van der Waals surface area contributed by atoms with E-state index in [2.05, 4.69) is 11.9 Å². The van der Waals surface area contributed by atoms with Crippen molar-refractivity contribution in [3.05, 3.63) is 42.0 Å². The molecule has 110 valence electrons. The van der Waals surface area contributed by atoms with Crippen molar-refractivity contribution in [2.75, 3.05) is 6.54 Å². The van der Waals surface area contributed by atoms with E-state index in [0.717, 1.165) is 0 Å². The van der Waals surface area contributed by atoms with E-state index in [9.17, 15) is 14.4 Å². The molecule has 21 heavy (non-hydrogen) atoms.